The van der Waals surface area contributed by atoms with Crippen molar-refractivity contribution in [2.75, 3.05) is 0 Å². The lowest BCUT2D eigenvalue weighted by Crippen LogP contribution is -2.03. The number of para-hydroxylation sites is 1. The maximum atomic E-state index is 6.08. The van der Waals surface area contributed by atoms with Crippen LogP contribution in [-0.4, -0.2) is 0 Å². The van der Waals surface area contributed by atoms with Gasteiger partial charge in [0.1, 0.15) is 11.2 Å². The van der Waals surface area contributed by atoms with Crippen molar-refractivity contribution in [3.05, 3.63) is 253 Å². The van der Waals surface area contributed by atoms with E-state index in [4.69, 9.17) is 4.42 Å². The summed E-state index contributed by atoms with van der Waals surface area (Å²) in [4.78, 5) is 0. The summed E-state index contributed by atoms with van der Waals surface area (Å²) in [5, 5.41) is 4.82. The van der Waals surface area contributed by atoms with Gasteiger partial charge >= 0.3 is 0 Å². The summed E-state index contributed by atoms with van der Waals surface area (Å²) in [5.74, 6) is 0.0571. The van der Waals surface area contributed by atoms with E-state index in [-0.39, 0.29) is 5.92 Å². The second-order valence-corrected chi connectivity index (χ2v) is 15.7. The van der Waals surface area contributed by atoms with Gasteiger partial charge < -0.3 is 4.42 Å². The fourth-order valence-electron chi connectivity index (χ4n) is 8.92. The highest BCUT2D eigenvalue weighted by Gasteiger charge is 2.18. The van der Waals surface area contributed by atoms with Gasteiger partial charge in [-0.25, -0.2) is 0 Å². The Morgan fingerprint density at radius 2 is 0.667 bits per heavy atom. The third-order valence-corrected chi connectivity index (χ3v) is 12.1. The molecule has 1 unspecified atom stereocenters. The third kappa shape index (κ3) is 6.67. The van der Waals surface area contributed by atoms with Gasteiger partial charge in [0.25, 0.3) is 0 Å². The lowest BCUT2D eigenvalue weighted by Gasteiger charge is -2.21. The topological polar surface area (TPSA) is 13.1 Å². The first-order valence-electron chi connectivity index (χ1n) is 20.7. The Balaban J connectivity index is 0.919. The molecule has 0 aliphatic heterocycles. The average Bonchev–Trinajstić information content (AvgIpc) is 3.71. The molecule has 0 N–H and O–H groups in total. The minimum Gasteiger partial charge on any atom is -0.456 e. The maximum Gasteiger partial charge on any atom is 0.135 e. The minimum absolute atomic E-state index is 0.0571. The summed E-state index contributed by atoms with van der Waals surface area (Å²) in [6.07, 6.45) is 0. The van der Waals surface area contributed by atoms with E-state index in [2.05, 4.69) is 224 Å². The zero-order chi connectivity index (χ0) is 39.8. The first-order valence-corrected chi connectivity index (χ1v) is 20.7. The van der Waals surface area contributed by atoms with Crippen molar-refractivity contribution >= 4 is 32.7 Å². The largest absolute Gasteiger partial charge is 0.456 e. The van der Waals surface area contributed by atoms with Crippen LogP contribution in [0.1, 0.15) is 22.6 Å². The minimum atomic E-state index is 0.0571. The molecule has 1 atom stereocenters. The highest BCUT2D eigenvalue weighted by Crippen LogP contribution is 2.38. The fourth-order valence-corrected chi connectivity index (χ4v) is 8.92. The molecule has 0 saturated carbocycles. The zero-order valence-electron chi connectivity index (χ0n) is 33.0. The second-order valence-electron chi connectivity index (χ2n) is 15.7. The molecule has 1 aromatic heterocycles. The number of hydrogen-bond donors (Lipinski definition) is 0. The van der Waals surface area contributed by atoms with E-state index in [0.717, 1.165) is 21.9 Å². The highest BCUT2D eigenvalue weighted by molar-refractivity contribution is 6.06. The van der Waals surface area contributed by atoms with Crippen LogP contribution in [0.25, 0.3) is 88.3 Å². The Kier molecular flexibility index (Phi) is 8.98. The molecule has 10 aromatic carbocycles. The number of benzene rings is 10. The van der Waals surface area contributed by atoms with Crippen LogP contribution in [0.2, 0.25) is 0 Å². The van der Waals surface area contributed by atoms with Crippen LogP contribution in [0.4, 0.5) is 0 Å². The van der Waals surface area contributed by atoms with Crippen molar-refractivity contribution in [2.24, 2.45) is 0 Å². The molecule has 0 amide bonds. The summed E-state index contributed by atoms with van der Waals surface area (Å²) in [5.41, 5.74) is 17.7. The number of rotatable bonds is 8. The first kappa shape index (κ1) is 35.4. The highest BCUT2D eigenvalue weighted by atomic mass is 16.3. The smallest absolute Gasteiger partial charge is 0.135 e. The average molecular weight is 765 g/mol. The molecule has 0 aliphatic rings. The maximum absolute atomic E-state index is 6.08. The molecule has 0 fully saturated rings. The van der Waals surface area contributed by atoms with Gasteiger partial charge in [-0.1, -0.05) is 212 Å². The molecule has 0 radical (unpaired) electrons. The Bertz CT molecular complexity index is 3260. The summed E-state index contributed by atoms with van der Waals surface area (Å²) < 4.78 is 6.08. The molecule has 11 aromatic rings. The quantitative estimate of drug-likeness (QED) is 0.140. The monoisotopic (exact) mass is 764 g/mol. The molecule has 11 rings (SSSR count). The Morgan fingerprint density at radius 3 is 1.32 bits per heavy atom. The summed E-state index contributed by atoms with van der Waals surface area (Å²) in [7, 11) is 0. The van der Waals surface area contributed by atoms with Crippen LogP contribution >= 0.6 is 0 Å². The predicted octanol–water partition coefficient (Wildman–Crippen LogP) is 16.3. The first-order chi connectivity index (χ1) is 29.7. The van der Waals surface area contributed by atoms with Gasteiger partial charge in [-0.3, -0.25) is 0 Å². The molecular formula is C59H40O. The molecule has 1 heterocycles. The van der Waals surface area contributed by atoms with Gasteiger partial charge in [-0.05, 0) is 107 Å². The van der Waals surface area contributed by atoms with E-state index < -0.39 is 0 Å². The van der Waals surface area contributed by atoms with Crippen molar-refractivity contribution in [3.63, 3.8) is 0 Å². The normalized spacial score (nSPS) is 11.9. The van der Waals surface area contributed by atoms with Crippen molar-refractivity contribution < 1.29 is 4.42 Å². The second kappa shape index (κ2) is 15.2. The van der Waals surface area contributed by atoms with E-state index in [1.54, 1.807) is 0 Å². The Hall–Kier alpha value is -7.74. The zero-order valence-corrected chi connectivity index (χ0v) is 33.0. The van der Waals surface area contributed by atoms with E-state index in [1.165, 1.54) is 83.1 Å². The molecule has 0 saturated heterocycles. The molecule has 0 spiro atoms. The van der Waals surface area contributed by atoms with Crippen molar-refractivity contribution in [3.8, 4) is 55.6 Å². The number of hydrogen-bond acceptors (Lipinski definition) is 1. The fraction of sp³-hybridized carbons (Fsp3) is 0.0169. The number of furan rings is 1. The standard InChI is InChI=1S/C59H40O/c1-2-10-40(11-3-1)50-14-8-15-51(38-50)43-26-32-48(33-27-43)59(49-34-28-46(29-35-49)54-18-9-13-45-12-4-5-16-53(45)54)47-30-24-42(25-31-47)41-20-22-44(23-21-41)52-36-37-58-56(39-52)55-17-6-7-19-57(55)60-58/h1-39,59H. The SMILES string of the molecule is c1ccc(-c2cccc(-c3ccc(C(c4ccc(-c5ccc(-c6ccc7oc8ccccc8c7c6)cc5)cc4)c4ccc(-c5cccc6ccccc56)cc4)cc3)c2)cc1. The van der Waals surface area contributed by atoms with E-state index >= 15 is 0 Å². The molecule has 1 heteroatoms. The van der Waals surface area contributed by atoms with Crippen LogP contribution < -0.4 is 0 Å². The van der Waals surface area contributed by atoms with Crippen LogP contribution in [0.3, 0.4) is 0 Å². The molecular weight excluding hydrogens is 725 g/mol. The van der Waals surface area contributed by atoms with E-state index in [0.29, 0.717) is 0 Å². The van der Waals surface area contributed by atoms with Crippen LogP contribution in [0.15, 0.2) is 241 Å². The van der Waals surface area contributed by atoms with Crippen molar-refractivity contribution in [2.45, 2.75) is 5.92 Å². The lowest BCUT2D eigenvalue weighted by molar-refractivity contribution is 0.669. The molecule has 60 heavy (non-hydrogen) atoms. The van der Waals surface area contributed by atoms with Crippen LogP contribution in [-0.2, 0) is 0 Å². The van der Waals surface area contributed by atoms with Gasteiger partial charge in [0.2, 0.25) is 0 Å². The summed E-state index contributed by atoms with van der Waals surface area (Å²) in [6.45, 7) is 0. The van der Waals surface area contributed by atoms with E-state index in [9.17, 15) is 0 Å². The van der Waals surface area contributed by atoms with Crippen LogP contribution in [0, 0.1) is 0 Å². The third-order valence-electron chi connectivity index (χ3n) is 12.1. The Labute approximate surface area is 350 Å². The molecule has 282 valence electrons. The molecule has 0 aliphatic carbocycles. The predicted molar refractivity (Wildman–Crippen MR) is 252 cm³/mol. The Morgan fingerprint density at radius 1 is 0.250 bits per heavy atom. The van der Waals surface area contributed by atoms with Gasteiger partial charge in [0.05, 0.1) is 0 Å². The summed E-state index contributed by atoms with van der Waals surface area (Å²) >= 11 is 0. The van der Waals surface area contributed by atoms with Gasteiger partial charge in [0, 0.05) is 16.7 Å². The van der Waals surface area contributed by atoms with Gasteiger partial charge in [0.15, 0.2) is 0 Å². The molecule has 0 bridgehead atoms. The van der Waals surface area contributed by atoms with Crippen molar-refractivity contribution in [1.29, 1.82) is 0 Å². The summed E-state index contributed by atoms with van der Waals surface area (Å²) in [6, 6.07) is 85.8. The van der Waals surface area contributed by atoms with Crippen molar-refractivity contribution in [1.82, 2.24) is 0 Å². The van der Waals surface area contributed by atoms with Crippen LogP contribution in [0.5, 0.6) is 0 Å². The number of fused-ring (bicyclic) bond motifs is 4. The van der Waals surface area contributed by atoms with E-state index in [1.807, 2.05) is 12.1 Å². The van der Waals surface area contributed by atoms with Gasteiger partial charge in [-0.15, -0.1) is 0 Å². The molecule has 1 nitrogen and oxygen atoms in total. The van der Waals surface area contributed by atoms with Gasteiger partial charge in [-0.2, -0.15) is 0 Å². The lowest BCUT2D eigenvalue weighted by atomic mass is 9.83.